The number of nitrogens with zero attached hydrogens (tertiary/aromatic N) is 14. The predicted octanol–water partition coefficient (Wildman–Crippen LogP) is -6.48. The van der Waals surface area contributed by atoms with Gasteiger partial charge in [0, 0.05) is 180 Å². The third kappa shape index (κ3) is 38.9. The Kier molecular flexibility index (Phi) is 48.1. The number of carboxylic acids is 3. The summed E-state index contributed by atoms with van der Waals surface area (Å²) in [5, 5.41) is 31.6. The van der Waals surface area contributed by atoms with Crippen molar-refractivity contribution in [3.63, 3.8) is 0 Å². The molecule has 3 aliphatic heterocycles. The molecule has 0 atom stereocenters. The van der Waals surface area contributed by atoms with Crippen LogP contribution in [-0.2, 0) is 115 Å². The fourth-order valence-electron chi connectivity index (χ4n) is 12.4. The number of carbonyl (C=O) groups is 18. The molecule has 0 spiro atoms. The van der Waals surface area contributed by atoms with E-state index in [0.29, 0.717) is 51.7 Å². The number of rotatable bonds is 63. The number of primary amides is 1. The van der Waals surface area contributed by atoms with Gasteiger partial charge in [-0.25, -0.2) is 0 Å². The van der Waals surface area contributed by atoms with Crippen LogP contribution in [-0.4, -0.2) is 469 Å². The first-order valence-corrected chi connectivity index (χ1v) is 38.4. The lowest BCUT2D eigenvalue weighted by molar-refractivity contribution is -0.150. The van der Waals surface area contributed by atoms with Crippen LogP contribution < -0.4 is 11.1 Å². The highest BCUT2D eigenvalue weighted by molar-refractivity contribution is 5.95. The van der Waals surface area contributed by atoms with Gasteiger partial charge in [-0.15, -0.1) is 0 Å². The number of nitrogens with two attached hydrogens (primary N) is 1. The Morgan fingerprint density at radius 3 is 0.722 bits per heavy atom. The zero-order valence-corrected chi connectivity index (χ0v) is 67.4. The van der Waals surface area contributed by atoms with E-state index < -0.39 is 187 Å². The second-order valence-electron chi connectivity index (χ2n) is 27.5. The summed E-state index contributed by atoms with van der Waals surface area (Å²) in [5.74, 6) is -14.3. The van der Waals surface area contributed by atoms with Crippen molar-refractivity contribution in [1.82, 2.24) is 73.9 Å². The van der Waals surface area contributed by atoms with Crippen LogP contribution >= 0.6 is 0 Å². The molecule has 43 heteroatoms. The molecule has 0 bridgehead atoms. The van der Waals surface area contributed by atoms with Crippen LogP contribution in [0.3, 0.4) is 0 Å². The normalized spacial score (nSPS) is 13.2. The van der Waals surface area contributed by atoms with E-state index in [0.717, 1.165) is 53.9 Å². The van der Waals surface area contributed by atoms with Crippen molar-refractivity contribution in [1.29, 1.82) is 0 Å². The number of hydrogen-bond acceptors (Lipinski definition) is 25. The number of hydrogen-bond donors (Lipinski definition) is 5. The van der Waals surface area contributed by atoms with Gasteiger partial charge < -0.3 is 123 Å². The Labute approximate surface area is 669 Å². The van der Waals surface area contributed by atoms with Gasteiger partial charge in [0.1, 0.15) is 0 Å². The SMILES string of the molecule is COCCN(CC(N)=O)C(=O)CN(CCCN1CCCC1=O)C(=O)CN(CCOC)C(=O)CN(CCC(=O)O)C(=O)CN(CCOC)C(=O)CN(CCCN1CCCC1=O)C(=O)CN(CCOC)C(=O)CN(CCC(=O)O)C(=O)CN(CCOC)C(=O)CN(CCCN1CCCC1=O)C(=O)CN(CCOC)C(=O)CNCCC(=O)O. The summed E-state index contributed by atoms with van der Waals surface area (Å²) in [6.07, 6.45) is 1.52. The smallest absolute Gasteiger partial charge is 0.305 e. The molecule has 0 saturated carbocycles. The maximum absolute atomic E-state index is 14.9. The molecule has 3 saturated heterocycles. The first kappa shape index (κ1) is 99.4. The van der Waals surface area contributed by atoms with Crippen LogP contribution in [0.15, 0.2) is 0 Å². The van der Waals surface area contributed by atoms with Crippen molar-refractivity contribution in [2.45, 2.75) is 77.0 Å². The molecule has 6 N–H and O–H groups in total. The molecule has 0 aromatic carbocycles. The number of carbonyl (C=O) groups excluding carboxylic acids is 15. The van der Waals surface area contributed by atoms with Crippen molar-refractivity contribution in [3.05, 3.63) is 0 Å². The number of aliphatic carboxylic acids is 3. The minimum absolute atomic E-state index is 0.00950. The van der Waals surface area contributed by atoms with Crippen LogP contribution in [0.5, 0.6) is 0 Å². The topological polar surface area (TPSA) is 507 Å². The van der Waals surface area contributed by atoms with Gasteiger partial charge >= 0.3 is 17.9 Å². The Morgan fingerprint density at radius 2 is 0.522 bits per heavy atom. The molecule has 3 heterocycles. The number of ether oxygens (including phenoxy) is 6. The molecule has 3 rings (SSSR count). The fraction of sp³-hybridized carbons (Fsp3) is 0.750. The maximum Gasteiger partial charge on any atom is 0.305 e. The molecule has 115 heavy (non-hydrogen) atoms. The molecule has 0 radical (unpaired) electrons. The lowest BCUT2D eigenvalue weighted by atomic mass is 10.2. The quantitative estimate of drug-likeness (QED) is 0.0354. The zero-order chi connectivity index (χ0) is 85.4. The largest absolute Gasteiger partial charge is 0.481 e. The second-order valence-corrected chi connectivity index (χ2v) is 27.5. The standard InChI is InChI=1S/C72H120N16O27/c1-110-37-31-83(44-55(73)89)65(99)45-78(26-10-23-75-20-7-13-56(75)90)61(95)51-85(33-39-112-3)68(102)48-81(29-17-71(106)107)64(98)54-88(36-42-115-6)67(101)47-80(28-12-25-77-22-9-15-58(77)92)62(96)52-86(34-40-113-4)69(103)49-82(30-18-72(108)109)63(97)53-87(35-41-114-5)66(100)46-79(27-11-24-76-21-8-14-57(76)91)60(94)50-84(32-38-111-2)59(93)43-74-19-16-70(104)105/h74H,7-54H2,1-6H3,(H2,73,89)(H,104,105)(H,106,107)(H,108,109). The minimum Gasteiger partial charge on any atom is -0.481 e. The van der Waals surface area contributed by atoms with Crippen molar-refractivity contribution < 1.29 is 130 Å². The van der Waals surface area contributed by atoms with Crippen LogP contribution in [0.4, 0.5) is 0 Å². The first-order chi connectivity index (χ1) is 54.9. The molecular formula is C72H120N16O27. The number of carboxylic acid groups (broad SMARTS) is 3. The molecular weight excluding hydrogens is 1520 g/mol. The highest BCUT2D eigenvalue weighted by Gasteiger charge is 2.35. The van der Waals surface area contributed by atoms with Crippen molar-refractivity contribution in [2.24, 2.45) is 5.73 Å². The summed E-state index contributed by atoms with van der Waals surface area (Å²) in [4.78, 5) is 260. The lowest BCUT2D eigenvalue weighted by Gasteiger charge is -2.33. The van der Waals surface area contributed by atoms with Gasteiger partial charge in [0.25, 0.3) is 0 Å². The van der Waals surface area contributed by atoms with Gasteiger partial charge in [-0.3, -0.25) is 86.3 Å². The fourth-order valence-corrected chi connectivity index (χ4v) is 12.4. The van der Waals surface area contributed by atoms with Gasteiger partial charge in [-0.05, 0) is 38.5 Å². The van der Waals surface area contributed by atoms with Crippen LogP contribution in [0, 0.1) is 0 Å². The summed E-state index contributed by atoms with van der Waals surface area (Å²) in [5.41, 5.74) is 5.45. The van der Waals surface area contributed by atoms with E-state index in [1.807, 2.05) is 0 Å². The molecule has 0 unspecified atom stereocenters. The first-order valence-electron chi connectivity index (χ1n) is 38.4. The van der Waals surface area contributed by atoms with Crippen LogP contribution in [0.1, 0.15) is 77.0 Å². The molecule has 0 aromatic heterocycles. The van der Waals surface area contributed by atoms with Gasteiger partial charge in [0.05, 0.1) is 137 Å². The van der Waals surface area contributed by atoms with E-state index >= 15 is 0 Å². The van der Waals surface area contributed by atoms with Crippen molar-refractivity contribution in [2.75, 3.05) is 279 Å². The van der Waals surface area contributed by atoms with E-state index in [9.17, 15) is 96.5 Å². The molecule has 650 valence electrons. The van der Waals surface area contributed by atoms with Gasteiger partial charge in [-0.1, -0.05) is 0 Å². The van der Waals surface area contributed by atoms with E-state index in [-0.39, 0.29) is 181 Å². The van der Waals surface area contributed by atoms with Gasteiger partial charge in [0.15, 0.2) is 0 Å². The highest BCUT2D eigenvalue weighted by atomic mass is 16.5. The predicted molar refractivity (Wildman–Crippen MR) is 404 cm³/mol. The number of amides is 15. The second kappa shape index (κ2) is 55.6. The van der Waals surface area contributed by atoms with Gasteiger partial charge in [0.2, 0.25) is 88.6 Å². The summed E-state index contributed by atoms with van der Waals surface area (Å²) >= 11 is 0. The lowest BCUT2D eigenvalue weighted by Crippen LogP contribution is -2.54. The maximum atomic E-state index is 14.9. The Balaban J connectivity index is 2.00. The zero-order valence-electron chi connectivity index (χ0n) is 67.4. The van der Waals surface area contributed by atoms with Crippen molar-refractivity contribution in [3.8, 4) is 0 Å². The molecule has 0 aliphatic carbocycles. The molecule has 43 nitrogen and oxygen atoms in total. The summed E-state index contributed by atoms with van der Waals surface area (Å²) < 4.78 is 31.4. The number of methoxy groups -OCH3 is 6. The summed E-state index contributed by atoms with van der Waals surface area (Å²) in [6, 6.07) is 0. The van der Waals surface area contributed by atoms with Crippen molar-refractivity contribution >= 4 is 107 Å². The van der Waals surface area contributed by atoms with E-state index in [1.165, 1.54) is 42.7 Å². The average Bonchev–Trinajstić information content (AvgIpc) is 1.47. The monoisotopic (exact) mass is 1640 g/mol. The number of nitrogens with one attached hydrogen (secondary N) is 1. The third-order valence-corrected chi connectivity index (χ3v) is 18.9. The average molecular weight is 1640 g/mol. The third-order valence-electron chi connectivity index (χ3n) is 18.9. The van der Waals surface area contributed by atoms with E-state index in [2.05, 4.69) is 5.32 Å². The Morgan fingerprint density at radius 1 is 0.313 bits per heavy atom. The molecule has 15 amide bonds. The van der Waals surface area contributed by atoms with Gasteiger partial charge in [-0.2, -0.15) is 0 Å². The Hall–Kier alpha value is -9.82. The molecule has 3 fully saturated rings. The summed E-state index contributed by atoms with van der Waals surface area (Å²) in [6.45, 7) is -10.4. The van der Waals surface area contributed by atoms with Crippen LogP contribution in [0.2, 0.25) is 0 Å². The molecule has 0 aromatic rings. The number of likely N-dealkylation sites (tertiary alicyclic amines) is 3. The highest BCUT2D eigenvalue weighted by Crippen LogP contribution is 2.16. The summed E-state index contributed by atoms with van der Waals surface area (Å²) in [7, 11) is 7.97. The van der Waals surface area contributed by atoms with Crippen LogP contribution in [0.25, 0.3) is 0 Å². The van der Waals surface area contributed by atoms with E-state index in [1.54, 1.807) is 14.7 Å². The Bertz CT molecular complexity index is 3230. The molecule has 3 aliphatic rings. The minimum atomic E-state index is -1.39. The van der Waals surface area contributed by atoms with E-state index in [4.69, 9.17) is 39.3 Å².